The number of carbonyl (C=O) groups excluding carboxylic acids is 8. The number of fused-ring (bicyclic) bond motifs is 1. The molecular weight excluding hydrogens is 1130 g/mol. The fourth-order valence-electron chi connectivity index (χ4n) is 10.5. The predicted molar refractivity (Wildman–Crippen MR) is 313 cm³/mol. The number of aryl methyl sites for hydroxylation is 1. The standard InChI is InChI=1S/C63H79N5O19/c1-7-42(41-36-52(79-4)58(81-6)53(37-41)80-5)60(73)67-28-11-10-17-46(67)63(76)87-48(23-20-40-21-24-49(77-2)51(35-40)78-3)43-15-8-9-18-47(43)85-38-55(70)64-26-13-29-82-31-33-84-34-32-83-30-14-27-65-56(71)39-86-50-19-12-16-44-57(50)62(75)68(61(44)74)45-22-25-54(69)66-59(45)72/h8-9,12,15-16,18-19,21,24,35-37,42,45-46,48H,7,10-11,13-14,17,20,22-23,25-34,38-39H2,1-6H3,(H,64,70)(H,65,71)(H,66,69,72)/t42-,45?,46-,48+/m0/s1. The van der Waals surface area contributed by atoms with Gasteiger partial charge in [0, 0.05) is 44.8 Å². The van der Waals surface area contributed by atoms with Crippen molar-refractivity contribution in [3.63, 3.8) is 0 Å². The van der Waals surface area contributed by atoms with E-state index in [1.807, 2.05) is 31.2 Å². The lowest BCUT2D eigenvalue weighted by molar-refractivity contribution is -0.162. The Kier molecular flexibility index (Phi) is 25.4. The number of nitrogens with one attached hydrogen (secondary N) is 3. The number of ether oxygens (including phenoxy) is 11. The Bertz CT molecular complexity index is 3020. The zero-order valence-electron chi connectivity index (χ0n) is 50.2. The number of amides is 7. The molecule has 0 aliphatic carbocycles. The van der Waals surface area contributed by atoms with E-state index in [0.717, 1.165) is 23.3 Å². The van der Waals surface area contributed by atoms with Crippen LogP contribution in [0.5, 0.6) is 40.2 Å². The van der Waals surface area contributed by atoms with Gasteiger partial charge in [-0.25, -0.2) is 4.79 Å². The summed E-state index contributed by atoms with van der Waals surface area (Å²) >= 11 is 0. The highest BCUT2D eigenvalue weighted by Crippen LogP contribution is 2.42. The van der Waals surface area contributed by atoms with Gasteiger partial charge in [-0.3, -0.25) is 43.8 Å². The Balaban J connectivity index is 0.803. The van der Waals surface area contributed by atoms with Crippen LogP contribution in [0.1, 0.15) is 114 Å². The molecule has 7 amide bonds. The summed E-state index contributed by atoms with van der Waals surface area (Å²) in [5.41, 5.74) is 2.14. The normalized spacial score (nSPS) is 16.3. The Morgan fingerprint density at radius 1 is 0.644 bits per heavy atom. The van der Waals surface area contributed by atoms with Gasteiger partial charge < -0.3 is 67.6 Å². The second-order valence-electron chi connectivity index (χ2n) is 20.6. The van der Waals surface area contributed by atoms with Gasteiger partial charge in [0.25, 0.3) is 23.6 Å². The first-order valence-corrected chi connectivity index (χ1v) is 29.2. The SMILES string of the molecule is CC[C@H](C(=O)N1CCCC[C@H]1C(=O)O[C@H](CCc1ccc(OC)c(OC)c1)c1ccccc1OCC(=O)NCCCOCCOCCOCCCNC(=O)COc1cccc2c1C(=O)N(C1CCC(=O)NC1=O)C2=O)c1cc(OC)c(OC)c(OC)c1. The summed E-state index contributed by atoms with van der Waals surface area (Å²) < 4.78 is 62.8. The number of para-hydroxylation sites is 1. The Morgan fingerprint density at radius 2 is 1.26 bits per heavy atom. The maximum Gasteiger partial charge on any atom is 0.329 e. The molecule has 4 aromatic rings. The maximum absolute atomic E-state index is 14.6. The third-order valence-corrected chi connectivity index (χ3v) is 15.0. The number of carbonyl (C=O) groups is 8. The molecule has 2 saturated heterocycles. The minimum absolute atomic E-state index is 0.00691. The number of esters is 1. The number of hydrogen-bond donors (Lipinski definition) is 3. The van der Waals surface area contributed by atoms with Crippen molar-refractivity contribution >= 4 is 47.3 Å². The van der Waals surface area contributed by atoms with E-state index in [-0.39, 0.29) is 48.1 Å². The number of likely N-dealkylation sites (tertiary alicyclic amines) is 1. The molecule has 0 saturated carbocycles. The van der Waals surface area contributed by atoms with E-state index in [1.165, 1.54) is 39.5 Å². The van der Waals surface area contributed by atoms with Crippen molar-refractivity contribution < 1.29 is 90.5 Å². The van der Waals surface area contributed by atoms with Crippen molar-refractivity contribution in [3.8, 4) is 40.2 Å². The lowest BCUT2D eigenvalue weighted by atomic mass is 9.91. The molecule has 4 aromatic carbocycles. The average Bonchev–Trinajstić information content (AvgIpc) is 1.77. The van der Waals surface area contributed by atoms with Gasteiger partial charge in [-0.2, -0.15) is 0 Å². The monoisotopic (exact) mass is 1210 g/mol. The molecule has 2 fully saturated rings. The molecule has 0 spiro atoms. The van der Waals surface area contributed by atoms with Gasteiger partial charge in [0.2, 0.25) is 23.5 Å². The molecule has 24 heteroatoms. The lowest BCUT2D eigenvalue weighted by Gasteiger charge is -2.37. The summed E-state index contributed by atoms with van der Waals surface area (Å²) in [6.07, 6.45) is 3.31. The van der Waals surface area contributed by atoms with Gasteiger partial charge in [-0.1, -0.05) is 37.3 Å². The van der Waals surface area contributed by atoms with Crippen molar-refractivity contribution in [1.29, 1.82) is 0 Å². The van der Waals surface area contributed by atoms with Gasteiger partial charge >= 0.3 is 5.97 Å². The lowest BCUT2D eigenvalue weighted by Crippen LogP contribution is -2.54. The van der Waals surface area contributed by atoms with E-state index >= 15 is 0 Å². The van der Waals surface area contributed by atoms with Crippen LogP contribution in [-0.2, 0) is 54.1 Å². The number of methoxy groups -OCH3 is 5. The average molecular weight is 1210 g/mol. The number of rotatable bonds is 35. The van der Waals surface area contributed by atoms with E-state index in [4.69, 9.17) is 52.1 Å². The molecule has 3 N–H and O–H groups in total. The second kappa shape index (κ2) is 33.4. The van der Waals surface area contributed by atoms with Crippen LogP contribution >= 0.6 is 0 Å². The minimum Gasteiger partial charge on any atom is -0.493 e. The highest BCUT2D eigenvalue weighted by atomic mass is 16.6. The van der Waals surface area contributed by atoms with Crippen LogP contribution in [0.2, 0.25) is 0 Å². The van der Waals surface area contributed by atoms with Gasteiger partial charge in [-0.15, -0.1) is 0 Å². The molecule has 7 rings (SSSR count). The number of imide groups is 2. The maximum atomic E-state index is 14.6. The number of hydrogen-bond acceptors (Lipinski definition) is 19. The Hall–Kier alpha value is -8.48. The fraction of sp³-hybridized carbons (Fsp3) is 0.492. The smallest absolute Gasteiger partial charge is 0.329 e. The molecule has 0 aromatic heterocycles. The van der Waals surface area contributed by atoms with E-state index < -0.39 is 66.2 Å². The third kappa shape index (κ3) is 17.6. The highest BCUT2D eigenvalue weighted by molar-refractivity contribution is 6.24. The first-order chi connectivity index (χ1) is 42.2. The van der Waals surface area contributed by atoms with Gasteiger partial charge in [0.1, 0.15) is 29.7 Å². The third-order valence-electron chi connectivity index (χ3n) is 15.0. The second-order valence-corrected chi connectivity index (χ2v) is 20.6. The number of benzene rings is 4. The van der Waals surface area contributed by atoms with Crippen LogP contribution < -0.4 is 49.1 Å². The van der Waals surface area contributed by atoms with Gasteiger partial charge in [0.05, 0.1) is 79.0 Å². The van der Waals surface area contributed by atoms with Gasteiger partial charge in [-0.05, 0) is 111 Å². The summed E-state index contributed by atoms with van der Waals surface area (Å²) in [5.74, 6) is -2.02. The zero-order chi connectivity index (χ0) is 62.2. The van der Waals surface area contributed by atoms with E-state index in [9.17, 15) is 38.4 Å². The largest absolute Gasteiger partial charge is 0.493 e. The molecule has 470 valence electrons. The zero-order valence-corrected chi connectivity index (χ0v) is 50.2. The van der Waals surface area contributed by atoms with E-state index in [2.05, 4.69) is 16.0 Å². The Morgan fingerprint density at radius 3 is 1.89 bits per heavy atom. The summed E-state index contributed by atoms with van der Waals surface area (Å²) in [4.78, 5) is 108. The molecule has 0 radical (unpaired) electrons. The van der Waals surface area contributed by atoms with Crippen LogP contribution in [-0.4, -0.2) is 177 Å². The van der Waals surface area contributed by atoms with Crippen molar-refractivity contribution in [3.05, 3.63) is 101 Å². The highest BCUT2D eigenvalue weighted by Gasteiger charge is 2.46. The van der Waals surface area contributed by atoms with Gasteiger partial charge in [0.15, 0.2) is 36.2 Å². The number of nitrogens with zero attached hydrogens (tertiary/aromatic N) is 2. The molecule has 24 nitrogen and oxygen atoms in total. The minimum atomic E-state index is -1.12. The summed E-state index contributed by atoms with van der Waals surface area (Å²) in [6.45, 7) is 4.22. The van der Waals surface area contributed by atoms with Crippen LogP contribution in [0.15, 0.2) is 72.8 Å². The summed E-state index contributed by atoms with van der Waals surface area (Å²) in [5, 5.41) is 7.73. The van der Waals surface area contributed by atoms with Crippen molar-refractivity contribution in [2.45, 2.75) is 95.2 Å². The fourth-order valence-corrected chi connectivity index (χ4v) is 10.5. The summed E-state index contributed by atoms with van der Waals surface area (Å²) in [7, 11) is 7.68. The van der Waals surface area contributed by atoms with Crippen molar-refractivity contribution in [1.82, 2.24) is 25.8 Å². The van der Waals surface area contributed by atoms with Crippen molar-refractivity contribution in [2.75, 3.05) is 108 Å². The topological polar surface area (TPSA) is 281 Å². The molecule has 3 aliphatic heterocycles. The van der Waals surface area contributed by atoms with Crippen LogP contribution in [0.3, 0.4) is 0 Å². The molecule has 3 aliphatic rings. The molecule has 0 bridgehead atoms. The first kappa shape index (κ1) is 66.1. The first-order valence-electron chi connectivity index (χ1n) is 29.2. The molecular formula is C63H79N5O19. The number of piperidine rings is 2. The van der Waals surface area contributed by atoms with Crippen LogP contribution in [0, 0.1) is 0 Å². The van der Waals surface area contributed by atoms with Crippen LogP contribution in [0.25, 0.3) is 0 Å². The van der Waals surface area contributed by atoms with E-state index in [0.29, 0.717) is 143 Å². The molecule has 4 atom stereocenters. The summed E-state index contributed by atoms with van der Waals surface area (Å²) in [6, 6.07) is 18.7. The molecule has 87 heavy (non-hydrogen) atoms. The molecule has 3 heterocycles. The Labute approximate surface area is 506 Å². The quantitative estimate of drug-likeness (QED) is 0.0294. The van der Waals surface area contributed by atoms with E-state index in [1.54, 1.807) is 49.5 Å². The van der Waals surface area contributed by atoms with Crippen molar-refractivity contribution in [2.24, 2.45) is 0 Å². The van der Waals surface area contributed by atoms with Crippen LogP contribution in [0.4, 0.5) is 0 Å². The predicted octanol–water partition coefficient (Wildman–Crippen LogP) is 5.44. The molecule has 1 unspecified atom stereocenters.